The quantitative estimate of drug-likeness (QED) is 0.0973. The summed E-state index contributed by atoms with van der Waals surface area (Å²) in [6.45, 7) is 4.53. The minimum atomic E-state index is 1.19. The summed E-state index contributed by atoms with van der Waals surface area (Å²) in [5.74, 6) is 0. The average Bonchev–Trinajstić information content (AvgIpc) is 3.02. The molecule has 0 saturated carbocycles. The number of benzene rings is 4. The number of unbranched alkanes of at least 4 members (excludes halogenated alkanes) is 6. The predicted molar refractivity (Wildman–Crippen MR) is 183 cm³/mol. The SMILES string of the molecule is CCCCCCc1ccc(/C=C/c2ccc(Sc3ccc(/C=C/c4ccc(CCCCCC)cc4)cc3)cc2)cc1. The van der Waals surface area contributed by atoms with Gasteiger partial charge in [-0.25, -0.2) is 0 Å². The second kappa shape index (κ2) is 17.5. The summed E-state index contributed by atoms with van der Waals surface area (Å²) in [6.07, 6.45) is 21.7. The summed E-state index contributed by atoms with van der Waals surface area (Å²) >= 11 is 1.81. The van der Waals surface area contributed by atoms with Crippen molar-refractivity contribution in [2.45, 2.75) is 87.8 Å². The number of aryl methyl sites for hydroxylation is 2. The molecule has 1 heteroatoms. The largest absolute Gasteiger partial charge is 0.0901 e. The zero-order chi connectivity index (χ0) is 28.5. The zero-order valence-corrected chi connectivity index (χ0v) is 25.8. The average molecular weight is 559 g/mol. The molecule has 4 aromatic rings. The van der Waals surface area contributed by atoms with E-state index in [9.17, 15) is 0 Å². The van der Waals surface area contributed by atoms with Gasteiger partial charge in [-0.15, -0.1) is 0 Å². The van der Waals surface area contributed by atoms with E-state index in [2.05, 4.69) is 135 Å². The summed E-state index contributed by atoms with van der Waals surface area (Å²) in [7, 11) is 0. The third-order valence-electron chi connectivity index (χ3n) is 7.53. The van der Waals surface area contributed by atoms with Gasteiger partial charge in [0.25, 0.3) is 0 Å². The molecular weight excluding hydrogens is 513 g/mol. The van der Waals surface area contributed by atoms with Crippen LogP contribution in [0.15, 0.2) is 107 Å². The van der Waals surface area contributed by atoms with Gasteiger partial charge in [0, 0.05) is 9.79 Å². The number of hydrogen-bond donors (Lipinski definition) is 0. The van der Waals surface area contributed by atoms with Crippen LogP contribution < -0.4 is 0 Å². The number of hydrogen-bond acceptors (Lipinski definition) is 1. The minimum absolute atomic E-state index is 1.19. The van der Waals surface area contributed by atoms with Gasteiger partial charge in [0.1, 0.15) is 0 Å². The van der Waals surface area contributed by atoms with Crippen LogP contribution in [-0.4, -0.2) is 0 Å². The monoisotopic (exact) mass is 558 g/mol. The molecule has 0 saturated heterocycles. The van der Waals surface area contributed by atoms with Crippen LogP contribution in [0.4, 0.5) is 0 Å². The van der Waals surface area contributed by atoms with Crippen LogP contribution in [0, 0.1) is 0 Å². The molecule has 0 amide bonds. The molecule has 0 bridgehead atoms. The van der Waals surface area contributed by atoms with Crippen molar-refractivity contribution in [1.29, 1.82) is 0 Å². The van der Waals surface area contributed by atoms with Crippen LogP contribution in [0.5, 0.6) is 0 Å². The summed E-state index contributed by atoms with van der Waals surface area (Å²) < 4.78 is 0. The Kier molecular flexibility index (Phi) is 13.1. The van der Waals surface area contributed by atoms with Crippen LogP contribution in [0.2, 0.25) is 0 Å². The molecule has 212 valence electrons. The van der Waals surface area contributed by atoms with Gasteiger partial charge in [-0.3, -0.25) is 0 Å². The van der Waals surface area contributed by atoms with Crippen molar-refractivity contribution < 1.29 is 0 Å². The van der Waals surface area contributed by atoms with Gasteiger partial charge < -0.3 is 0 Å². The molecule has 0 N–H and O–H groups in total. The molecule has 0 heterocycles. The summed E-state index contributed by atoms with van der Waals surface area (Å²) in [5, 5.41) is 0. The Balaban J connectivity index is 1.23. The maximum Gasteiger partial charge on any atom is 0.0122 e. The third kappa shape index (κ3) is 11.2. The lowest BCUT2D eigenvalue weighted by atomic mass is 10.0. The van der Waals surface area contributed by atoms with Crippen molar-refractivity contribution in [2.75, 3.05) is 0 Å². The van der Waals surface area contributed by atoms with Crippen LogP contribution in [0.3, 0.4) is 0 Å². The second-order valence-corrected chi connectivity index (χ2v) is 12.2. The standard InChI is InChI=1S/C40H46S/c1-3-5-7-9-11-33-13-17-35(18-14-33)21-23-37-25-29-39(30-26-37)41-40-31-27-38(28-32-40)24-22-36-19-15-34(16-20-36)12-10-8-6-4-2/h13-32H,3-12H2,1-2H3/b23-21+,24-22+. The minimum Gasteiger partial charge on any atom is -0.0901 e. The Labute approximate surface area is 253 Å². The van der Waals surface area contributed by atoms with E-state index in [0.717, 1.165) is 0 Å². The number of rotatable bonds is 16. The highest BCUT2D eigenvalue weighted by Gasteiger charge is 1.99. The van der Waals surface area contributed by atoms with E-state index in [4.69, 9.17) is 0 Å². The van der Waals surface area contributed by atoms with Crippen LogP contribution in [0.1, 0.15) is 98.6 Å². The third-order valence-corrected chi connectivity index (χ3v) is 8.55. The lowest BCUT2D eigenvalue weighted by Crippen LogP contribution is -1.86. The van der Waals surface area contributed by atoms with Crippen molar-refractivity contribution in [2.24, 2.45) is 0 Å². The molecule has 0 nitrogen and oxygen atoms in total. The van der Waals surface area contributed by atoms with Crippen molar-refractivity contribution in [1.82, 2.24) is 0 Å². The van der Waals surface area contributed by atoms with Gasteiger partial charge in [-0.05, 0) is 83.3 Å². The Morgan fingerprint density at radius 3 is 1.02 bits per heavy atom. The molecule has 0 unspecified atom stereocenters. The van der Waals surface area contributed by atoms with E-state index >= 15 is 0 Å². The molecule has 41 heavy (non-hydrogen) atoms. The van der Waals surface area contributed by atoms with Gasteiger partial charge in [0.15, 0.2) is 0 Å². The normalized spacial score (nSPS) is 11.6. The molecule has 0 fully saturated rings. The van der Waals surface area contributed by atoms with Crippen LogP contribution in [0.25, 0.3) is 24.3 Å². The van der Waals surface area contributed by atoms with Gasteiger partial charge >= 0.3 is 0 Å². The van der Waals surface area contributed by atoms with Crippen LogP contribution in [-0.2, 0) is 12.8 Å². The Bertz CT molecular complexity index is 1220. The van der Waals surface area contributed by atoms with E-state index in [1.165, 1.54) is 107 Å². The molecular formula is C40H46S. The Morgan fingerprint density at radius 2 is 0.707 bits per heavy atom. The fourth-order valence-corrected chi connectivity index (χ4v) is 5.73. The van der Waals surface area contributed by atoms with Gasteiger partial charge in [0.2, 0.25) is 0 Å². The van der Waals surface area contributed by atoms with E-state index < -0.39 is 0 Å². The second-order valence-electron chi connectivity index (χ2n) is 11.0. The topological polar surface area (TPSA) is 0 Å². The molecule has 0 aliphatic carbocycles. The van der Waals surface area contributed by atoms with Crippen molar-refractivity contribution >= 4 is 36.1 Å². The summed E-state index contributed by atoms with van der Waals surface area (Å²) in [4.78, 5) is 2.51. The lowest BCUT2D eigenvalue weighted by molar-refractivity contribution is 0.667. The maximum atomic E-state index is 2.28. The molecule has 4 rings (SSSR count). The predicted octanol–water partition coefficient (Wildman–Crippen LogP) is 12.4. The highest BCUT2D eigenvalue weighted by atomic mass is 32.2. The first-order valence-electron chi connectivity index (χ1n) is 15.6. The molecule has 0 spiro atoms. The first-order valence-corrected chi connectivity index (χ1v) is 16.5. The van der Waals surface area contributed by atoms with E-state index in [-0.39, 0.29) is 0 Å². The first kappa shape index (κ1) is 30.7. The first-order chi connectivity index (χ1) is 20.2. The molecule has 0 aliphatic rings. The Hall–Kier alpha value is -3.29. The van der Waals surface area contributed by atoms with E-state index in [1.807, 2.05) is 11.8 Å². The van der Waals surface area contributed by atoms with Gasteiger partial charge in [-0.2, -0.15) is 0 Å². The maximum absolute atomic E-state index is 2.28. The fourth-order valence-electron chi connectivity index (χ4n) is 4.92. The summed E-state index contributed by atoms with van der Waals surface area (Å²) in [6, 6.07) is 35.7. The van der Waals surface area contributed by atoms with Gasteiger partial charge in [-0.1, -0.05) is 161 Å². The molecule has 0 aliphatic heterocycles. The molecule has 4 aromatic carbocycles. The summed E-state index contributed by atoms with van der Waals surface area (Å²) in [5.41, 5.74) is 7.85. The molecule has 0 atom stereocenters. The highest BCUT2D eigenvalue weighted by Crippen LogP contribution is 2.28. The van der Waals surface area contributed by atoms with Crippen molar-refractivity contribution in [3.63, 3.8) is 0 Å². The molecule has 0 radical (unpaired) electrons. The zero-order valence-electron chi connectivity index (χ0n) is 25.0. The van der Waals surface area contributed by atoms with Gasteiger partial charge in [0.05, 0.1) is 0 Å². The van der Waals surface area contributed by atoms with Crippen molar-refractivity contribution in [3.05, 3.63) is 130 Å². The van der Waals surface area contributed by atoms with E-state index in [1.54, 1.807) is 0 Å². The smallest absolute Gasteiger partial charge is 0.0122 e. The highest BCUT2D eigenvalue weighted by molar-refractivity contribution is 7.99. The lowest BCUT2D eigenvalue weighted by Gasteiger charge is -2.04. The Morgan fingerprint density at radius 1 is 0.390 bits per heavy atom. The van der Waals surface area contributed by atoms with Crippen LogP contribution >= 0.6 is 11.8 Å². The molecule has 0 aromatic heterocycles. The van der Waals surface area contributed by atoms with E-state index in [0.29, 0.717) is 0 Å². The fraction of sp³-hybridized carbons (Fsp3) is 0.300. The van der Waals surface area contributed by atoms with Crippen molar-refractivity contribution in [3.8, 4) is 0 Å².